The van der Waals surface area contributed by atoms with Crippen molar-refractivity contribution in [3.63, 3.8) is 0 Å². The Kier molecular flexibility index (Phi) is 4.26. The van der Waals surface area contributed by atoms with E-state index in [1.165, 1.54) is 4.79 Å². The largest absolute Gasteiger partial charge is 0.496 e. The predicted molar refractivity (Wildman–Crippen MR) is 101 cm³/mol. The lowest BCUT2D eigenvalue weighted by Crippen LogP contribution is -2.02. The molecule has 0 aliphatic carbocycles. The number of benzene rings is 3. The van der Waals surface area contributed by atoms with Gasteiger partial charge in [0.2, 0.25) is 0 Å². The van der Waals surface area contributed by atoms with Crippen LogP contribution in [0.1, 0.15) is 5.56 Å². The summed E-state index contributed by atoms with van der Waals surface area (Å²) in [5.41, 5.74) is 1.74. The Morgan fingerprint density at radius 3 is 2.65 bits per heavy atom. The van der Waals surface area contributed by atoms with Gasteiger partial charge in [-0.3, -0.25) is 0 Å². The van der Waals surface area contributed by atoms with Gasteiger partial charge < -0.3 is 10.1 Å². The van der Waals surface area contributed by atoms with Crippen molar-refractivity contribution >= 4 is 28.6 Å². The highest BCUT2D eigenvalue weighted by Gasteiger charge is 2.08. The molecule has 26 heavy (non-hydrogen) atoms. The Morgan fingerprint density at radius 2 is 1.81 bits per heavy atom. The second-order valence-electron chi connectivity index (χ2n) is 5.53. The SMILES string of the molecule is COc1ccc2ccccc2c1C=Nn1nnnc1Nc1ccccc1. The van der Waals surface area contributed by atoms with Gasteiger partial charge in [0.15, 0.2) is 0 Å². The molecule has 3 aromatic carbocycles. The lowest BCUT2D eigenvalue weighted by atomic mass is 10.0. The van der Waals surface area contributed by atoms with E-state index in [1.54, 1.807) is 13.3 Å². The fraction of sp³-hybridized carbons (Fsp3) is 0.0526. The van der Waals surface area contributed by atoms with E-state index in [4.69, 9.17) is 4.74 Å². The van der Waals surface area contributed by atoms with Crippen LogP contribution in [-0.4, -0.2) is 33.6 Å². The number of fused-ring (bicyclic) bond motifs is 1. The second-order valence-corrected chi connectivity index (χ2v) is 5.53. The number of para-hydroxylation sites is 1. The van der Waals surface area contributed by atoms with Crippen molar-refractivity contribution in [3.8, 4) is 5.75 Å². The molecule has 1 aromatic heterocycles. The molecule has 0 atom stereocenters. The number of hydrogen-bond acceptors (Lipinski definition) is 6. The lowest BCUT2D eigenvalue weighted by Gasteiger charge is -2.08. The van der Waals surface area contributed by atoms with Crippen LogP contribution in [0, 0.1) is 0 Å². The summed E-state index contributed by atoms with van der Waals surface area (Å²) in [6.07, 6.45) is 1.70. The van der Waals surface area contributed by atoms with Gasteiger partial charge in [-0.1, -0.05) is 58.4 Å². The average Bonchev–Trinajstić information content (AvgIpc) is 3.13. The summed E-state index contributed by atoms with van der Waals surface area (Å²) >= 11 is 0. The fourth-order valence-electron chi connectivity index (χ4n) is 2.69. The summed E-state index contributed by atoms with van der Waals surface area (Å²) in [6.45, 7) is 0. The number of tetrazole rings is 1. The van der Waals surface area contributed by atoms with E-state index in [1.807, 2.05) is 66.7 Å². The highest BCUT2D eigenvalue weighted by Crippen LogP contribution is 2.26. The number of aromatic nitrogens is 4. The van der Waals surface area contributed by atoms with Gasteiger partial charge >= 0.3 is 0 Å². The van der Waals surface area contributed by atoms with Crippen LogP contribution in [0.15, 0.2) is 71.8 Å². The molecule has 0 aliphatic heterocycles. The maximum atomic E-state index is 5.48. The second kappa shape index (κ2) is 7.02. The highest BCUT2D eigenvalue weighted by atomic mass is 16.5. The van der Waals surface area contributed by atoms with Crippen LogP contribution in [0.5, 0.6) is 5.75 Å². The van der Waals surface area contributed by atoms with Crippen molar-refractivity contribution in [2.75, 3.05) is 12.4 Å². The van der Waals surface area contributed by atoms with E-state index in [0.717, 1.165) is 27.8 Å². The zero-order valence-electron chi connectivity index (χ0n) is 14.1. The van der Waals surface area contributed by atoms with Crippen molar-refractivity contribution in [3.05, 3.63) is 72.3 Å². The molecular weight excluding hydrogens is 328 g/mol. The number of nitrogens with zero attached hydrogens (tertiary/aromatic N) is 5. The normalized spacial score (nSPS) is 11.1. The minimum Gasteiger partial charge on any atom is -0.496 e. The van der Waals surface area contributed by atoms with E-state index in [9.17, 15) is 0 Å². The summed E-state index contributed by atoms with van der Waals surface area (Å²) < 4.78 is 5.48. The monoisotopic (exact) mass is 344 g/mol. The van der Waals surface area contributed by atoms with Gasteiger partial charge in [-0.05, 0) is 39.4 Å². The molecule has 4 rings (SSSR count). The van der Waals surface area contributed by atoms with Crippen molar-refractivity contribution < 1.29 is 4.74 Å². The maximum Gasteiger partial charge on any atom is 0.269 e. The first kappa shape index (κ1) is 15.8. The van der Waals surface area contributed by atoms with Gasteiger partial charge in [0.05, 0.1) is 13.3 Å². The number of rotatable bonds is 5. The standard InChI is InChI=1S/C19H16N6O/c1-26-18-12-11-14-7-5-6-10-16(14)17(18)13-20-25-19(22-23-24-25)21-15-8-3-2-4-9-15/h2-13H,1H3,(H,21,22,24). The molecule has 4 aromatic rings. The molecule has 1 N–H and O–H groups in total. The topological polar surface area (TPSA) is 77.2 Å². The molecule has 1 heterocycles. The number of nitrogens with one attached hydrogen (secondary N) is 1. The molecule has 0 fully saturated rings. The van der Waals surface area contributed by atoms with Gasteiger partial charge in [-0.2, -0.15) is 5.10 Å². The molecular formula is C19H16N6O. The highest BCUT2D eigenvalue weighted by molar-refractivity contribution is 6.02. The van der Waals surface area contributed by atoms with Crippen LogP contribution in [0.4, 0.5) is 11.6 Å². The molecule has 0 saturated carbocycles. The van der Waals surface area contributed by atoms with Crippen LogP contribution < -0.4 is 10.1 Å². The van der Waals surface area contributed by atoms with Gasteiger partial charge in [0.25, 0.3) is 5.95 Å². The smallest absolute Gasteiger partial charge is 0.269 e. The molecule has 0 saturated heterocycles. The third-order valence-corrected chi connectivity index (χ3v) is 3.93. The summed E-state index contributed by atoms with van der Waals surface area (Å²) in [6, 6.07) is 21.7. The van der Waals surface area contributed by atoms with E-state index < -0.39 is 0 Å². The molecule has 7 nitrogen and oxygen atoms in total. The van der Waals surface area contributed by atoms with Crippen LogP contribution in [0.2, 0.25) is 0 Å². The van der Waals surface area contributed by atoms with Crippen LogP contribution in [0.3, 0.4) is 0 Å². The Balaban J connectivity index is 1.70. The maximum absolute atomic E-state index is 5.48. The van der Waals surface area contributed by atoms with E-state index in [2.05, 4.69) is 25.9 Å². The number of methoxy groups -OCH3 is 1. The molecule has 0 amide bonds. The van der Waals surface area contributed by atoms with Gasteiger partial charge in [-0.25, -0.2) is 0 Å². The van der Waals surface area contributed by atoms with E-state index in [0.29, 0.717) is 5.95 Å². The van der Waals surface area contributed by atoms with Crippen molar-refractivity contribution in [1.82, 2.24) is 20.3 Å². The van der Waals surface area contributed by atoms with Crippen molar-refractivity contribution in [2.45, 2.75) is 0 Å². The summed E-state index contributed by atoms with van der Waals surface area (Å²) in [5, 5.41) is 21.3. The molecule has 0 radical (unpaired) electrons. The Hall–Kier alpha value is -3.74. The first-order chi connectivity index (χ1) is 12.8. The number of ether oxygens (including phenoxy) is 1. The van der Waals surface area contributed by atoms with Gasteiger partial charge in [0, 0.05) is 11.3 Å². The molecule has 0 bridgehead atoms. The van der Waals surface area contributed by atoms with Gasteiger partial charge in [0.1, 0.15) is 5.75 Å². The van der Waals surface area contributed by atoms with Crippen LogP contribution in [-0.2, 0) is 0 Å². The third-order valence-electron chi connectivity index (χ3n) is 3.93. The summed E-state index contributed by atoms with van der Waals surface area (Å²) in [5.74, 6) is 1.16. The Morgan fingerprint density at radius 1 is 1.00 bits per heavy atom. The molecule has 0 spiro atoms. The van der Waals surface area contributed by atoms with Crippen molar-refractivity contribution in [2.24, 2.45) is 5.10 Å². The van der Waals surface area contributed by atoms with E-state index >= 15 is 0 Å². The van der Waals surface area contributed by atoms with Crippen LogP contribution >= 0.6 is 0 Å². The minimum atomic E-state index is 0.423. The first-order valence-electron chi connectivity index (χ1n) is 8.06. The van der Waals surface area contributed by atoms with E-state index in [-0.39, 0.29) is 0 Å². The number of anilines is 2. The molecule has 7 heteroatoms. The Labute approximate surface area is 149 Å². The first-order valence-corrected chi connectivity index (χ1v) is 8.06. The fourth-order valence-corrected chi connectivity index (χ4v) is 2.69. The third kappa shape index (κ3) is 3.10. The zero-order valence-corrected chi connectivity index (χ0v) is 14.1. The van der Waals surface area contributed by atoms with Crippen LogP contribution in [0.25, 0.3) is 10.8 Å². The zero-order chi connectivity index (χ0) is 17.8. The van der Waals surface area contributed by atoms with Gasteiger partial charge in [-0.15, -0.1) is 0 Å². The minimum absolute atomic E-state index is 0.423. The molecule has 0 aliphatic rings. The summed E-state index contributed by atoms with van der Waals surface area (Å²) in [7, 11) is 1.64. The average molecular weight is 344 g/mol. The van der Waals surface area contributed by atoms with Crippen molar-refractivity contribution in [1.29, 1.82) is 0 Å². The summed E-state index contributed by atoms with van der Waals surface area (Å²) in [4.78, 5) is 1.34. The quantitative estimate of drug-likeness (QED) is 0.561. The lowest BCUT2D eigenvalue weighted by molar-refractivity contribution is 0.415. The Bertz CT molecular complexity index is 1060. The molecule has 0 unspecified atom stereocenters. The molecule has 128 valence electrons. The predicted octanol–water partition coefficient (Wildman–Crippen LogP) is 3.46. The number of hydrogen-bond donors (Lipinski definition) is 1.